The second-order valence-electron chi connectivity index (χ2n) is 3.02. The van der Waals surface area contributed by atoms with Crippen LogP contribution in [-0.2, 0) is 4.74 Å². The fraction of sp³-hybridized carbons (Fsp3) is 1.00. The number of ether oxygens (including phenoxy) is 1. The maximum Gasteiger partial charge on any atom is 0.0967 e. The quantitative estimate of drug-likeness (QED) is 0.550. The van der Waals surface area contributed by atoms with E-state index in [0.717, 1.165) is 19.6 Å². The van der Waals surface area contributed by atoms with Crippen LogP contribution in [0.4, 0.5) is 0 Å². The van der Waals surface area contributed by atoms with Gasteiger partial charge in [0.15, 0.2) is 0 Å². The summed E-state index contributed by atoms with van der Waals surface area (Å²) in [6.45, 7) is 8.22. The zero-order valence-electron chi connectivity index (χ0n) is 11.0. The molecule has 0 heterocycles. The summed E-state index contributed by atoms with van der Waals surface area (Å²) in [5, 5.41) is 8.56. The molecule has 0 bridgehead atoms. The summed E-state index contributed by atoms with van der Waals surface area (Å²) in [6.07, 6.45) is 6.08. The predicted octanol–water partition coefficient (Wildman–Crippen LogP) is 4.41. The van der Waals surface area contributed by atoms with Gasteiger partial charge in [0.25, 0.3) is 0 Å². The van der Waals surface area contributed by atoms with Gasteiger partial charge in [0.05, 0.1) is 5.34 Å². The van der Waals surface area contributed by atoms with Crippen molar-refractivity contribution in [3.63, 3.8) is 0 Å². The third-order valence-electron chi connectivity index (χ3n) is 1.67. The van der Waals surface area contributed by atoms with Gasteiger partial charge in [0.1, 0.15) is 0 Å². The average molecular weight is 275 g/mol. The fourth-order valence-corrected chi connectivity index (χ4v) is 0.919. The Morgan fingerprint density at radius 2 is 1.31 bits per heavy atom. The van der Waals surface area contributed by atoms with Crippen LogP contribution >= 0.6 is 23.2 Å². The number of aliphatic hydroxyl groups excluding tert-OH is 1. The zero-order chi connectivity index (χ0) is 13.1. The summed E-state index contributed by atoms with van der Waals surface area (Å²) >= 11 is 9.53. The van der Waals surface area contributed by atoms with Crippen molar-refractivity contribution in [2.24, 2.45) is 0 Å². The van der Waals surface area contributed by atoms with E-state index < -0.39 is 0 Å². The number of alkyl halides is 2. The van der Waals surface area contributed by atoms with E-state index in [1.165, 1.54) is 25.7 Å². The highest BCUT2D eigenvalue weighted by atomic mass is 35.5. The van der Waals surface area contributed by atoms with Gasteiger partial charge >= 0.3 is 0 Å². The first-order chi connectivity index (χ1) is 7.74. The molecule has 4 heteroatoms. The molecule has 0 aliphatic rings. The summed E-state index contributed by atoms with van der Waals surface area (Å²) in [5.41, 5.74) is 0. The molecule has 2 nitrogen and oxygen atoms in total. The molecule has 0 radical (unpaired) electrons. The lowest BCUT2D eigenvalue weighted by Crippen LogP contribution is -1.84. The molecular formula is C12H28Cl2O2. The maximum absolute atomic E-state index is 8.37. The van der Waals surface area contributed by atoms with Crippen LogP contribution in [-0.4, -0.2) is 30.3 Å². The molecule has 102 valence electrons. The van der Waals surface area contributed by atoms with E-state index >= 15 is 0 Å². The molecule has 16 heavy (non-hydrogen) atoms. The van der Waals surface area contributed by atoms with Crippen molar-refractivity contribution in [2.45, 2.75) is 52.9 Å². The third kappa shape index (κ3) is 47.0. The molecule has 0 atom stereocenters. The first kappa shape index (κ1) is 21.8. The smallest absolute Gasteiger partial charge is 0.0967 e. The predicted molar refractivity (Wildman–Crippen MR) is 74.6 cm³/mol. The van der Waals surface area contributed by atoms with Crippen molar-refractivity contribution in [1.82, 2.24) is 0 Å². The number of unbranched alkanes of at least 4 members (excludes halogenated alkanes) is 4. The molecule has 0 saturated heterocycles. The van der Waals surface area contributed by atoms with Crippen LogP contribution in [0.3, 0.4) is 0 Å². The zero-order valence-corrected chi connectivity index (χ0v) is 12.5. The summed E-state index contributed by atoms with van der Waals surface area (Å²) in [7, 11) is 0. The van der Waals surface area contributed by atoms with Crippen molar-refractivity contribution in [2.75, 3.05) is 25.2 Å². The Morgan fingerprint density at radius 1 is 0.875 bits per heavy atom. The first-order valence-electron chi connectivity index (χ1n) is 6.05. The monoisotopic (exact) mass is 274 g/mol. The van der Waals surface area contributed by atoms with Crippen LogP contribution in [0.25, 0.3) is 0 Å². The van der Waals surface area contributed by atoms with Gasteiger partial charge in [-0.15, -0.1) is 23.2 Å². The number of hydrogen-bond donors (Lipinski definition) is 1. The minimum absolute atomic E-state index is 0.194. The van der Waals surface area contributed by atoms with E-state index in [1.54, 1.807) is 0 Å². The van der Waals surface area contributed by atoms with Gasteiger partial charge in [-0.2, -0.15) is 0 Å². The molecule has 0 unspecified atom stereocenters. The molecule has 0 aliphatic heterocycles. The second-order valence-corrected chi connectivity index (χ2v) is 3.83. The van der Waals surface area contributed by atoms with Gasteiger partial charge in [0, 0.05) is 19.8 Å². The van der Waals surface area contributed by atoms with E-state index in [4.69, 9.17) is 33.0 Å². The highest BCUT2D eigenvalue weighted by Crippen LogP contribution is 2.00. The number of aliphatic hydroxyl groups is 1. The van der Waals surface area contributed by atoms with Crippen LogP contribution in [0.2, 0.25) is 0 Å². The lowest BCUT2D eigenvalue weighted by Gasteiger charge is -1.93. The van der Waals surface area contributed by atoms with Crippen LogP contribution in [0, 0.1) is 0 Å². The van der Waals surface area contributed by atoms with E-state index in [-0.39, 0.29) is 5.34 Å². The molecule has 0 spiro atoms. The number of rotatable bonds is 7. The Labute approximate surface area is 111 Å². The van der Waals surface area contributed by atoms with Crippen LogP contribution < -0.4 is 0 Å². The van der Waals surface area contributed by atoms with Gasteiger partial charge in [-0.25, -0.2) is 0 Å². The molecule has 0 aromatic carbocycles. The summed E-state index contributed by atoms with van der Waals surface area (Å²) < 4.78 is 4.83. The molecular weight excluding hydrogens is 247 g/mol. The van der Waals surface area contributed by atoms with Gasteiger partial charge in [-0.05, 0) is 20.3 Å². The largest absolute Gasteiger partial charge is 0.396 e. The minimum atomic E-state index is 0.194. The molecule has 0 fully saturated rings. The standard InChI is InChI=1S/C7H16O.C4H10O.CH2Cl2/c1-2-3-4-5-6-7-8;1-3-5-4-2;2-1-3/h8H,2-7H2,1H3;3-4H2,1-2H3;1H2. The Hall–Kier alpha value is 0.500. The Kier molecular flexibility index (Phi) is 40.2. The Morgan fingerprint density at radius 3 is 1.56 bits per heavy atom. The average Bonchev–Trinajstić information content (AvgIpc) is 2.28. The second kappa shape index (κ2) is 29.6. The molecule has 0 rings (SSSR count). The van der Waals surface area contributed by atoms with Crippen molar-refractivity contribution in [3.05, 3.63) is 0 Å². The Balaban J connectivity index is -0.000000181. The first-order valence-corrected chi connectivity index (χ1v) is 7.12. The van der Waals surface area contributed by atoms with Crippen molar-refractivity contribution in [1.29, 1.82) is 0 Å². The topological polar surface area (TPSA) is 29.5 Å². The molecule has 0 saturated carbocycles. The third-order valence-corrected chi connectivity index (χ3v) is 1.67. The molecule has 0 amide bonds. The molecule has 0 aromatic rings. The fourth-order valence-electron chi connectivity index (χ4n) is 0.919. The van der Waals surface area contributed by atoms with Crippen molar-refractivity contribution in [3.8, 4) is 0 Å². The van der Waals surface area contributed by atoms with E-state index in [0.29, 0.717) is 6.61 Å². The summed E-state index contributed by atoms with van der Waals surface area (Å²) in [6, 6.07) is 0. The summed E-state index contributed by atoms with van der Waals surface area (Å²) in [4.78, 5) is 0. The maximum atomic E-state index is 8.37. The molecule has 0 aromatic heterocycles. The number of hydrogen-bond acceptors (Lipinski definition) is 2. The SMILES string of the molecule is CCCCCCCO.CCOCC.ClCCl. The van der Waals surface area contributed by atoms with Crippen molar-refractivity contribution >= 4 is 23.2 Å². The number of halogens is 2. The van der Waals surface area contributed by atoms with Gasteiger partial charge < -0.3 is 9.84 Å². The Bertz CT molecular complexity index is 75.4. The van der Waals surface area contributed by atoms with Crippen molar-refractivity contribution < 1.29 is 9.84 Å². The van der Waals surface area contributed by atoms with Gasteiger partial charge in [0.2, 0.25) is 0 Å². The minimum Gasteiger partial charge on any atom is -0.396 e. The lowest BCUT2D eigenvalue weighted by atomic mass is 10.2. The van der Waals surface area contributed by atoms with Gasteiger partial charge in [-0.3, -0.25) is 0 Å². The van der Waals surface area contributed by atoms with Crippen LogP contribution in [0.1, 0.15) is 52.9 Å². The highest BCUT2D eigenvalue weighted by Gasteiger charge is 1.84. The van der Waals surface area contributed by atoms with E-state index in [9.17, 15) is 0 Å². The molecule has 1 N–H and O–H groups in total. The normalized spacial score (nSPS) is 8.62. The lowest BCUT2D eigenvalue weighted by molar-refractivity contribution is 0.162. The molecule has 0 aliphatic carbocycles. The summed E-state index contributed by atoms with van der Waals surface area (Å²) in [5.74, 6) is 0. The van der Waals surface area contributed by atoms with E-state index in [2.05, 4.69) is 6.92 Å². The van der Waals surface area contributed by atoms with E-state index in [1.807, 2.05) is 13.8 Å². The van der Waals surface area contributed by atoms with Crippen LogP contribution in [0.15, 0.2) is 0 Å². The van der Waals surface area contributed by atoms with Gasteiger partial charge in [-0.1, -0.05) is 32.6 Å². The van der Waals surface area contributed by atoms with Crippen LogP contribution in [0.5, 0.6) is 0 Å². The highest BCUT2D eigenvalue weighted by molar-refractivity contribution is 6.40.